The van der Waals surface area contributed by atoms with Crippen molar-refractivity contribution < 1.29 is 43.1 Å². The van der Waals surface area contributed by atoms with Crippen LogP contribution in [0.25, 0.3) is 18.2 Å². The predicted molar refractivity (Wildman–Crippen MR) is 153 cm³/mol. The van der Waals surface area contributed by atoms with Gasteiger partial charge >= 0.3 is 0 Å². The van der Waals surface area contributed by atoms with Gasteiger partial charge in [0.25, 0.3) is 0 Å². The summed E-state index contributed by atoms with van der Waals surface area (Å²) in [7, 11) is 10.6. The second-order valence-corrected chi connectivity index (χ2v) is 8.19. The number of anilines is 1. The van der Waals surface area contributed by atoms with Crippen molar-refractivity contribution in [3.63, 3.8) is 0 Å². The molecule has 10 nitrogen and oxygen atoms in total. The largest absolute Gasteiger partial charge is 0.503 e. The topological polar surface area (TPSA) is 114 Å². The molecule has 40 heavy (non-hydrogen) atoms. The van der Waals surface area contributed by atoms with E-state index >= 15 is 0 Å². The van der Waals surface area contributed by atoms with E-state index in [4.69, 9.17) is 33.2 Å². The molecule has 3 aromatic carbocycles. The number of amides is 1. The first-order valence-electron chi connectivity index (χ1n) is 12.0. The number of rotatable bonds is 12. The number of carbonyl (C=O) groups is 1. The lowest BCUT2D eigenvalue weighted by Gasteiger charge is -2.13. The minimum atomic E-state index is -0.475. The number of phenolic OH excluding ortho intramolecular Hbond substituents is 1. The van der Waals surface area contributed by atoms with E-state index in [0.717, 1.165) is 5.56 Å². The van der Waals surface area contributed by atoms with Crippen LogP contribution in [0.4, 0.5) is 5.69 Å². The fourth-order valence-corrected chi connectivity index (χ4v) is 3.91. The van der Waals surface area contributed by atoms with Crippen molar-refractivity contribution in [2.75, 3.05) is 55.1 Å². The number of aromatic hydroxyl groups is 1. The molecule has 0 aromatic heterocycles. The van der Waals surface area contributed by atoms with E-state index in [1.165, 1.54) is 41.6 Å². The van der Waals surface area contributed by atoms with Crippen molar-refractivity contribution in [2.45, 2.75) is 0 Å². The Morgan fingerprint density at radius 1 is 0.575 bits per heavy atom. The van der Waals surface area contributed by atoms with Gasteiger partial charge in [-0.15, -0.1) is 0 Å². The van der Waals surface area contributed by atoms with E-state index in [-0.39, 0.29) is 17.2 Å². The van der Waals surface area contributed by atoms with Gasteiger partial charge in [-0.05, 0) is 59.2 Å². The molecule has 10 heteroatoms. The van der Waals surface area contributed by atoms with E-state index < -0.39 is 5.91 Å². The third kappa shape index (κ3) is 6.71. The first kappa shape index (κ1) is 29.6. The zero-order chi connectivity index (χ0) is 29.2. The van der Waals surface area contributed by atoms with Crippen LogP contribution in [0.5, 0.6) is 46.0 Å². The molecule has 0 fully saturated rings. The van der Waals surface area contributed by atoms with Gasteiger partial charge < -0.3 is 43.6 Å². The van der Waals surface area contributed by atoms with E-state index in [2.05, 4.69) is 5.32 Å². The van der Waals surface area contributed by atoms with Gasteiger partial charge in [0.05, 0.1) is 55.5 Å². The molecule has 0 bridgehead atoms. The summed E-state index contributed by atoms with van der Waals surface area (Å²) in [5, 5.41) is 13.3. The van der Waals surface area contributed by atoms with E-state index in [1.54, 1.807) is 62.8 Å². The minimum absolute atomic E-state index is 0.170. The van der Waals surface area contributed by atoms with Gasteiger partial charge in [-0.2, -0.15) is 0 Å². The van der Waals surface area contributed by atoms with E-state index in [1.807, 2.05) is 6.08 Å². The lowest BCUT2D eigenvalue weighted by atomic mass is 10.1. The number of hydrogen-bond donors (Lipinski definition) is 2. The average Bonchev–Trinajstić information content (AvgIpc) is 2.98. The standard InChI is InChI=1S/C30H33NO9/c1-34-22-13-18(8-9-19-14-23(35-2)29(39-6)24(15-19)36-3)12-21(28(22)33)31-27(32)11-10-20-16-25(37-4)30(40-7)26(17-20)38-5/h8-17,33H,1-7H3,(H,31,32)/b9-8?,11-10+. The number of benzene rings is 3. The molecule has 3 aromatic rings. The molecule has 0 saturated heterocycles. The fraction of sp³-hybridized carbons (Fsp3) is 0.233. The normalized spacial score (nSPS) is 10.9. The first-order chi connectivity index (χ1) is 19.3. The highest BCUT2D eigenvalue weighted by Gasteiger charge is 2.15. The van der Waals surface area contributed by atoms with Crippen molar-refractivity contribution in [1.29, 1.82) is 0 Å². The third-order valence-corrected chi connectivity index (χ3v) is 5.84. The SMILES string of the molecule is COc1cc(C=Cc2cc(OC)c(OC)c(OC)c2)cc(NC(=O)/C=C/c2cc(OC)c(OC)c(OC)c2)c1O. The molecule has 0 spiro atoms. The molecule has 0 heterocycles. The average molecular weight is 552 g/mol. The fourth-order valence-electron chi connectivity index (χ4n) is 3.91. The summed E-state index contributed by atoms with van der Waals surface area (Å²) in [6.07, 6.45) is 6.53. The number of hydrogen-bond acceptors (Lipinski definition) is 9. The Balaban J connectivity index is 1.88. The smallest absolute Gasteiger partial charge is 0.248 e. The molecule has 0 saturated carbocycles. The molecule has 1 amide bonds. The summed E-state index contributed by atoms with van der Waals surface area (Å²) >= 11 is 0. The number of carbonyl (C=O) groups excluding carboxylic acids is 1. The molecule has 3 rings (SSSR count). The van der Waals surface area contributed by atoms with Crippen LogP contribution in [0.3, 0.4) is 0 Å². The number of ether oxygens (including phenoxy) is 7. The summed E-state index contributed by atoms with van der Waals surface area (Å²) < 4.78 is 37.6. The highest BCUT2D eigenvalue weighted by Crippen LogP contribution is 2.40. The summed E-state index contributed by atoms with van der Waals surface area (Å²) in [5.41, 5.74) is 2.25. The van der Waals surface area contributed by atoms with E-state index in [0.29, 0.717) is 45.6 Å². The van der Waals surface area contributed by atoms with Gasteiger partial charge in [-0.25, -0.2) is 0 Å². The second kappa shape index (κ2) is 13.7. The van der Waals surface area contributed by atoms with Crippen LogP contribution in [0.2, 0.25) is 0 Å². The molecule has 0 aliphatic carbocycles. The van der Waals surface area contributed by atoms with Gasteiger partial charge in [0, 0.05) is 6.08 Å². The van der Waals surface area contributed by atoms with Crippen molar-refractivity contribution in [3.8, 4) is 46.0 Å². The van der Waals surface area contributed by atoms with Crippen LogP contribution in [0, 0.1) is 0 Å². The van der Waals surface area contributed by atoms with Crippen LogP contribution in [0.1, 0.15) is 16.7 Å². The van der Waals surface area contributed by atoms with Gasteiger partial charge in [-0.1, -0.05) is 12.2 Å². The minimum Gasteiger partial charge on any atom is -0.503 e. The molecule has 212 valence electrons. The Labute approximate surface area is 233 Å². The Bertz CT molecular complexity index is 1360. The maximum Gasteiger partial charge on any atom is 0.248 e. The van der Waals surface area contributed by atoms with Crippen LogP contribution in [0.15, 0.2) is 42.5 Å². The Kier molecular flexibility index (Phi) is 10.1. The molecule has 2 N–H and O–H groups in total. The second-order valence-electron chi connectivity index (χ2n) is 8.19. The van der Waals surface area contributed by atoms with Crippen LogP contribution >= 0.6 is 0 Å². The maximum atomic E-state index is 12.8. The van der Waals surface area contributed by atoms with Crippen LogP contribution < -0.4 is 38.5 Å². The third-order valence-electron chi connectivity index (χ3n) is 5.84. The van der Waals surface area contributed by atoms with Gasteiger partial charge in [0.15, 0.2) is 34.5 Å². The number of phenols is 1. The van der Waals surface area contributed by atoms with Crippen molar-refractivity contribution in [2.24, 2.45) is 0 Å². The molecular formula is C30H33NO9. The molecule has 0 unspecified atom stereocenters. The Hall–Kier alpha value is -4.99. The summed E-state index contributed by atoms with van der Waals surface area (Å²) in [5.74, 6) is 2.37. The van der Waals surface area contributed by atoms with Crippen molar-refractivity contribution in [3.05, 3.63) is 59.2 Å². The van der Waals surface area contributed by atoms with Crippen molar-refractivity contribution >= 4 is 29.8 Å². The number of methoxy groups -OCH3 is 7. The summed E-state index contributed by atoms with van der Waals surface area (Å²) in [6.45, 7) is 0. The molecule has 0 aliphatic heterocycles. The summed E-state index contributed by atoms with van der Waals surface area (Å²) in [4.78, 5) is 12.8. The van der Waals surface area contributed by atoms with Gasteiger partial charge in [-0.3, -0.25) is 4.79 Å². The molecule has 0 radical (unpaired) electrons. The maximum absolute atomic E-state index is 12.8. The summed E-state index contributed by atoms with van der Waals surface area (Å²) in [6, 6.07) is 10.3. The lowest BCUT2D eigenvalue weighted by molar-refractivity contribution is -0.111. The molecular weight excluding hydrogens is 518 g/mol. The molecule has 0 aliphatic rings. The highest BCUT2D eigenvalue weighted by molar-refractivity contribution is 6.03. The van der Waals surface area contributed by atoms with Crippen molar-refractivity contribution in [1.82, 2.24) is 0 Å². The highest BCUT2D eigenvalue weighted by atomic mass is 16.5. The van der Waals surface area contributed by atoms with Crippen LogP contribution in [-0.2, 0) is 4.79 Å². The van der Waals surface area contributed by atoms with Gasteiger partial charge in [0.1, 0.15) is 0 Å². The predicted octanol–water partition coefficient (Wildman–Crippen LogP) is 5.27. The van der Waals surface area contributed by atoms with Crippen LogP contribution in [-0.4, -0.2) is 60.8 Å². The number of nitrogens with one attached hydrogen (secondary N) is 1. The zero-order valence-electron chi connectivity index (χ0n) is 23.5. The Morgan fingerprint density at radius 3 is 1.35 bits per heavy atom. The zero-order valence-corrected chi connectivity index (χ0v) is 23.5. The molecule has 0 atom stereocenters. The Morgan fingerprint density at radius 2 is 0.950 bits per heavy atom. The first-order valence-corrected chi connectivity index (χ1v) is 12.0. The van der Waals surface area contributed by atoms with E-state index in [9.17, 15) is 9.90 Å². The lowest BCUT2D eigenvalue weighted by Crippen LogP contribution is -2.08. The van der Waals surface area contributed by atoms with Gasteiger partial charge in [0.2, 0.25) is 17.4 Å². The quantitative estimate of drug-likeness (QED) is 0.176. The monoisotopic (exact) mass is 551 g/mol.